The first kappa shape index (κ1) is 17.1. The Morgan fingerprint density at radius 3 is 2.62 bits per heavy atom. The van der Waals surface area contributed by atoms with Crippen LogP contribution >= 0.6 is 11.3 Å². The molecule has 128 valence electrons. The van der Waals surface area contributed by atoms with Crippen LogP contribution in [0.3, 0.4) is 0 Å². The quantitative estimate of drug-likeness (QED) is 0.924. The van der Waals surface area contributed by atoms with Gasteiger partial charge in [-0.3, -0.25) is 15.0 Å². The number of rotatable bonds is 4. The summed E-state index contributed by atoms with van der Waals surface area (Å²) >= 11 is 1.46. The van der Waals surface area contributed by atoms with Crippen molar-refractivity contribution in [1.82, 2.24) is 9.88 Å². The van der Waals surface area contributed by atoms with E-state index in [0.717, 1.165) is 30.9 Å². The zero-order valence-corrected chi connectivity index (χ0v) is 15.1. The Bertz CT molecular complexity index is 689. The fourth-order valence-corrected chi connectivity index (χ4v) is 3.65. The molecule has 1 aromatic heterocycles. The van der Waals surface area contributed by atoms with Crippen LogP contribution in [0.5, 0.6) is 0 Å². The summed E-state index contributed by atoms with van der Waals surface area (Å²) in [6, 6.07) is 7.53. The molecule has 1 aliphatic heterocycles. The molecule has 0 aliphatic carbocycles. The van der Waals surface area contributed by atoms with Crippen molar-refractivity contribution in [2.45, 2.75) is 39.5 Å². The molecule has 2 heterocycles. The third-order valence-electron chi connectivity index (χ3n) is 3.97. The van der Waals surface area contributed by atoms with Gasteiger partial charge in [-0.1, -0.05) is 17.7 Å². The van der Waals surface area contributed by atoms with Gasteiger partial charge in [0.1, 0.15) is 0 Å². The second kappa shape index (κ2) is 7.42. The van der Waals surface area contributed by atoms with Gasteiger partial charge in [0.2, 0.25) is 0 Å². The van der Waals surface area contributed by atoms with Crippen molar-refractivity contribution in [2.24, 2.45) is 0 Å². The second-order valence-corrected chi connectivity index (χ2v) is 7.27. The summed E-state index contributed by atoms with van der Waals surface area (Å²) in [7, 11) is 0. The SMILES string of the molecule is Cc1ccc(C(=O)Nc2nc(CN3C[C@@H](C)O[C@H](C)C3)cs2)cc1. The minimum Gasteiger partial charge on any atom is -0.373 e. The Kier molecular flexibility index (Phi) is 5.28. The second-order valence-electron chi connectivity index (χ2n) is 6.42. The molecule has 24 heavy (non-hydrogen) atoms. The van der Waals surface area contributed by atoms with E-state index in [0.29, 0.717) is 10.7 Å². The molecule has 0 unspecified atom stereocenters. The van der Waals surface area contributed by atoms with Crippen molar-refractivity contribution in [3.05, 3.63) is 46.5 Å². The lowest BCUT2D eigenvalue weighted by Gasteiger charge is -2.34. The Labute approximate surface area is 146 Å². The van der Waals surface area contributed by atoms with Gasteiger partial charge in [0, 0.05) is 30.6 Å². The molecule has 6 heteroatoms. The van der Waals surface area contributed by atoms with E-state index in [1.54, 1.807) is 0 Å². The van der Waals surface area contributed by atoms with Crippen LogP contribution in [-0.2, 0) is 11.3 Å². The number of benzene rings is 1. The lowest BCUT2D eigenvalue weighted by Crippen LogP contribution is -2.44. The van der Waals surface area contributed by atoms with E-state index in [-0.39, 0.29) is 18.1 Å². The van der Waals surface area contributed by atoms with Gasteiger partial charge in [-0.05, 0) is 32.9 Å². The highest BCUT2D eigenvalue weighted by atomic mass is 32.1. The molecule has 2 aromatic rings. The zero-order chi connectivity index (χ0) is 17.1. The van der Waals surface area contributed by atoms with Crippen LogP contribution in [0.2, 0.25) is 0 Å². The van der Waals surface area contributed by atoms with Crippen LogP contribution in [0, 0.1) is 6.92 Å². The first-order chi connectivity index (χ1) is 11.5. The molecule has 1 N–H and O–H groups in total. The summed E-state index contributed by atoms with van der Waals surface area (Å²) in [5.41, 5.74) is 2.77. The highest BCUT2D eigenvalue weighted by Gasteiger charge is 2.22. The number of anilines is 1. The van der Waals surface area contributed by atoms with Gasteiger partial charge in [0.25, 0.3) is 5.91 Å². The van der Waals surface area contributed by atoms with E-state index < -0.39 is 0 Å². The monoisotopic (exact) mass is 345 g/mol. The van der Waals surface area contributed by atoms with Crippen molar-refractivity contribution in [3.63, 3.8) is 0 Å². The van der Waals surface area contributed by atoms with E-state index in [2.05, 4.69) is 29.0 Å². The predicted molar refractivity (Wildman–Crippen MR) is 96.5 cm³/mol. The minimum absolute atomic E-state index is 0.121. The van der Waals surface area contributed by atoms with Crippen LogP contribution in [0.1, 0.15) is 35.5 Å². The molecular formula is C18H23N3O2S. The van der Waals surface area contributed by atoms with Gasteiger partial charge in [-0.25, -0.2) is 4.98 Å². The van der Waals surface area contributed by atoms with Crippen molar-refractivity contribution in [1.29, 1.82) is 0 Å². The number of hydrogen-bond acceptors (Lipinski definition) is 5. The molecule has 0 saturated carbocycles. The Hall–Kier alpha value is -1.76. The van der Waals surface area contributed by atoms with Gasteiger partial charge in [-0.15, -0.1) is 11.3 Å². The van der Waals surface area contributed by atoms with Crippen molar-refractivity contribution in [2.75, 3.05) is 18.4 Å². The largest absolute Gasteiger partial charge is 0.373 e. The topological polar surface area (TPSA) is 54.5 Å². The molecule has 0 bridgehead atoms. The Morgan fingerprint density at radius 1 is 1.29 bits per heavy atom. The molecule has 1 saturated heterocycles. The van der Waals surface area contributed by atoms with Crippen molar-refractivity contribution >= 4 is 22.4 Å². The molecule has 3 rings (SSSR count). The molecular weight excluding hydrogens is 322 g/mol. The van der Waals surface area contributed by atoms with Crippen LogP contribution in [0.4, 0.5) is 5.13 Å². The number of hydrogen-bond donors (Lipinski definition) is 1. The molecule has 2 atom stereocenters. The number of ether oxygens (including phenoxy) is 1. The maximum atomic E-state index is 12.2. The number of aromatic nitrogens is 1. The maximum Gasteiger partial charge on any atom is 0.257 e. The van der Waals surface area contributed by atoms with E-state index in [1.807, 2.05) is 36.6 Å². The Morgan fingerprint density at radius 2 is 1.96 bits per heavy atom. The van der Waals surface area contributed by atoms with Gasteiger partial charge in [-0.2, -0.15) is 0 Å². The summed E-state index contributed by atoms with van der Waals surface area (Å²) < 4.78 is 5.75. The minimum atomic E-state index is -0.121. The number of carbonyl (C=O) groups is 1. The highest BCUT2D eigenvalue weighted by molar-refractivity contribution is 7.13. The van der Waals surface area contributed by atoms with Crippen molar-refractivity contribution in [3.8, 4) is 0 Å². The highest BCUT2D eigenvalue weighted by Crippen LogP contribution is 2.20. The van der Waals surface area contributed by atoms with Gasteiger partial charge in [0.05, 0.1) is 17.9 Å². The van der Waals surface area contributed by atoms with Crippen LogP contribution in [0.25, 0.3) is 0 Å². The number of aryl methyl sites for hydroxylation is 1. The smallest absolute Gasteiger partial charge is 0.257 e. The van der Waals surface area contributed by atoms with Crippen LogP contribution in [-0.4, -0.2) is 41.1 Å². The first-order valence-corrected chi connectivity index (χ1v) is 9.08. The third-order valence-corrected chi connectivity index (χ3v) is 4.77. The lowest BCUT2D eigenvalue weighted by atomic mass is 10.1. The standard InChI is InChI=1S/C18H23N3O2S/c1-12-4-6-15(7-5-12)17(22)20-18-19-16(11-24-18)10-21-8-13(2)23-14(3)9-21/h4-7,11,13-14H,8-10H2,1-3H3,(H,19,20,22)/t13-,14-/m1/s1. The normalized spacial score (nSPS) is 21.6. The number of amides is 1. The summed E-state index contributed by atoms with van der Waals surface area (Å²) in [5, 5.41) is 5.53. The first-order valence-electron chi connectivity index (χ1n) is 8.20. The summed E-state index contributed by atoms with van der Waals surface area (Å²) in [6.07, 6.45) is 0.487. The number of thiazole rings is 1. The fourth-order valence-electron chi connectivity index (χ4n) is 2.95. The Balaban J connectivity index is 1.59. The molecule has 1 fully saturated rings. The summed E-state index contributed by atoms with van der Waals surface area (Å²) in [6.45, 7) is 8.80. The average Bonchev–Trinajstić information content (AvgIpc) is 2.93. The average molecular weight is 345 g/mol. The summed E-state index contributed by atoms with van der Waals surface area (Å²) in [4.78, 5) is 19.1. The van der Waals surface area contributed by atoms with Crippen LogP contribution < -0.4 is 5.32 Å². The summed E-state index contributed by atoms with van der Waals surface area (Å²) in [5.74, 6) is -0.121. The van der Waals surface area contributed by atoms with Gasteiger partial charge < -0.3 is 4.74 Å². The molecule has 5 nitrogen and oxygen atoms in total. The predicted octanol–water partition coefficient (Wildman–Crippen LogP) is 3.31. The van der Waals surface area contributed by atoms with E-state index in [9.17, 15) is 4.79 Å². The van der Waals surface area contributed by atoms with E-state index in [4.69, 9.17) is 4.74 Å². The van der Waals surface area contributed by atoms with Gasteiger partial charge >= 0.3 is 0 Å². The van der Waals surface area contributed by atoms with E-state index >= 15 is 0 Å². The molecule has 0 spiro atoms. The van der Waals surface area contributed by atoms with Crippen LogP contribution in [0.15, 0.2) is 29.6 Å². The zero-order valence-electron chi connectivity index (χ0n) is 14.3. The number of nitrogens with one attached hydrogen (secondary N) is 1. The lowest BCUT2D eigenvalue weighted by molar-refractivity contribution is -0.0707. The fraction of sp³-hybridized carbons (Fsp3) is 0.444. The third kappa shape index (κ3) is 4.41. The molecule has 1 amide bonds. The van der Waals surface area contributed by atoms with E-state index in [1.165, 1.54) is 11.3 Å². The maximum absolute atomic E-state index is 12.2. The van der Waals surface area contributed by atoms with Crippen molar-refractivity contribution < 1.29 is 9.53 Å². The molecule has 1 aromatic carbocycles. The number of carbonyl (C=O) groups excluding carboxylic acids is 1. The molecule has 0 radical (unpaired) electrons. The molecule has 1 aliphatic rings. The van der Waals surface area contributed by atoms with Gasteiger partial charge in [0.15, 0.2) is 5.13 Å². The number of morpholine rings is 1. The number of nitrogens with zero attached hydrogens (tertiary/aromatic N) is 2.